The molecule has 0 radical (unpaired) electrons. The lowest BCUT2D eigenvalue weighted by molar-refractivity contribution is 0.412. The van der Waals surface area contributed by atoms with Gasteiger partial charge in [-0.1, -0.05) is 6.07 Å². The van der Waals surface area contributed by atoms with Crippen LogP contribution in [-0.2, 0) is 0 Å². The van der Waals surface area contributed by atoms with Crippen LogP contribution in [0.4, 0.5) is 10.1 Å². The zero-order valence-electron chi connectivity index (χ0n) is 11.1. The standard InChI is InChI=1S/C15H14BrFINO/c1-9(10-3-6-15(20-2)12(16)7-10)19-14-5-4-11(17)8-13(14)18/h3-9,19H,1-2H3. The average molecular weight is 450 g/mol. The summed E-state index contributed by atoms with van der Waals surface area (Å²) in [7, 11) is 1.64. The minimum absolute atomic E-state index is 0.108. The molecule has 106 valence electrons. The third-order valence-electron chi connectivity index (χ3n) is 2.98. The van der Waals surface area contributed by atoms with Gasteiger partial charge < -0.3 is 10.1 Å². The molecule has 0 spiro atoms. The quantitative estimate of drug-likeness (QED) is 0.633. The third-order valence-corrected chi connectivity index (χ3v) is 4.49. The van der Waals surface area contributed by atoms with Crippen LogP contribution in [0.15, 0.2) is 40.9 Å². The SMILES string of the molecule is COc1ccc(C(C)Nc2ccc(F)cc2I)cc1Br. The van der Waals surface area contributed by atoms with E-state index in [9.17, 15) is 4.39 Å². The molecule has 0 saturated carbocycles. The topological polar surface area (TPSA) is 21.3 Å². The van der Waals surface area contributed by atoms with Gasteiger partial charge in [0.05, 0.1) is 11.6 Å². The molecule has 2 aromatic carbocycles. The Morgan fingerprint density at radius 3 is 2.60 bits per heavy atom. The molecular formula is C15H14BrFINO. The number of anilines is 1. The van der Waals surface area contributed by atoms with Crippen LogP contribution in [0, 0.1) is 9.39 Å². The number of nitrogens with one attached hydrogen (secondary N) is 1. The molecule has 0 fully saturated rings. The van der Waals surface area contributed by atoms with E-state index in [1.54, 1.807) is 13.2 Å². The van der Waals surface area contributed by atoms with Gasteiger partial charge in [-0.05, 0) is 81.3 Å². The molecule has 0 amide bonds. The van der Waals surface area contributed by atoms with E-state index in [-0.39, 0.29) is 11.9 Å². The maximum Gasteiger partial charge on any atom is 0.133 e. The fourth-order valence-electron chi connectivity index (χ4n) is 1.88. The zero-order valence-corrected chi connectivity index (χ0v) is 14.8. The Labute approximate surface area is 140 Å². The number of benzene rings is 2. The van der Waals surface area contributed by atoms with Gasteiger partial charge in [0.1, 0.15) is 11.6 Å². The molecule has 0 saturated heterocycles. The van der Waals surface area contributed by atoms with Gasteiger partial charge in [-0.3, -0.25) is 0 Å². The van der Waals surface area contributed by atoms with Crippen LogP contribution in [0.1, 0.15) is 18.5 Å². The molecule has 0 heterocycles. The Hall–Kier alpha value is -0.820. The molecule has 20 heavy (non-hydrogen) atoms. The Bertz CT molecular complexity index is 621. The van der Waals surface area contributed by atoms with Crippen LogP contribution >= 0.6 is 38.5 Å². The number of methoxy groups -OCH3 is 1. The minimum atomic E-state index is -0.222. The van der Waals surface area contributed by atoms with Crippen molar-refractivity contribution >= 4 is 44.2 Å². The van der Waals surface area contributed by atoms with E-state index in [4.69, 9.17) is 4.74 Å². The summed E-state index contributed by atoms with van der Waals surface area (Å²) in [5, 5.41) is 3.38. The van der Waals surface area contributed by atoms with Crippen molar-refractivity contribution in [1.29, 1.82) is 0 Å². The molecule has 1 unspecified atom stereocenters. The molecule has 0 aliphatic rings. The highest BCUT2D eigenvalue weighted by atomic mass is 127. The van der Waals surface area contributed by atoms with Crippen LogP contribution in [0.25, 0.3) is 0 Å². The molecule has 1 atom stereocenters. The lowest BCUT2D eigenvalue weighted by Gasteiger charge is -2.18. The summed E-state index contributed by atoms with van der Waals surface area (Å²) >= 11 is 5.61. The number of halogens is 3. The van der Waals surface area contributed by atoms with Crippen molar-refractivity contribution in [1.82, 2.24) is 0 Å². The predicted molar refractivity (Wildman–Crippen MR) is 91.8 cm³/mol. The van der Waals surface area contributed by atoms with Crippen LogP contribution in [0.5, 0.6) is 5.75 Å². The lowest BCUT2D eigenvalue weighted by Crippen LogP contribution is -2.08. The second kappa shape index (κ2) is 6.76. The van der Waals surface area contributed by atoms with Crippen molar-refractivity contribution in [3.63, 3.8) is 0 Å². The predicted octanol–water partition coefficient (Wildman–Crippen LogP) is 5.37. The van der Waals surface area contributed by atoms with Gasteiger partial charge >= 0.3 is 0 Å². The van der Waals surface area contributed by atoms with E-state index in [0.717, 1.165) is 25.0 Å². The van der Waals surface area contributed by atoms with Gasteiger partial charge in [-0.2, -0.15) is 0 Å². The van der Waals surface area contributed by atoms with Gasteiger partial charge in [-0.25, -0.2) is 4.39 Å². The van der Waals surface area contributed by atoms with Gasteiger partial charge in [0, 0.05) is 15.3 Å². The Kier molecular flexibility index (Phi) is 5.26. The molecule has 2 rings (SSSR count). The van der Waals surface area contributed by atoms with Gasteiger partial charge in [0.25, 0.3) is 0 Å². The molecule has 0 aliphatic heterocycles. The first-order chi connectivity index (χ1) is 9.51. The number of ether oxygens (including phenoxy) is 1. The molecule has 1 N–H and O–H groups in total. The summed E-state index contributed by atoms with van der Waals surface area (Å²) in [5.74, 6) is 0.581. The lowest BCUT2D eigenvalue weighted by atomic mass is 10.1. The van der Waals surface area contributed by atoms with Crippen molar-refractivity contribution in [2.24, 2.45) is 0 Å². The first-order valence-electron chi connectivity index (χ1n) is 6.06. The number of rotatable bonds is 4. The second-order valence-corrected chi connectivity index (χ2v) is 6.40. The Morgan fingerprint density at radius 2 is 2.00 bits per heavy atom. The van der Waals surface area contributed by atoms with E-state index >= 15 is 0 Å². The van der Waals surface area contributed by atoms with Crippen LogP contribution < -0.4 is 10.1 Å². The second-order valence-electron chi connectivity index (χ2n) is 4.38. The number of hydrogen-bond donors (Lipinski definition) is 1. The molecular weight excluding hydrogens is 436 g/mol. The summed E-state index contributed by atoms with van der Waals surface area (Å²) < 4.78 is 20.1. The molecule has 0 aliphatic carbocycles. The molecule has 2 nitrogen and oxygen atoms in total. The molecule has 2 aromatic rings. The Balaban J connectivity index is 2.19. The van der Waals surface area contributed by atoms with Crippen molar-refractivity contribution in [2.75, 3.05) is 12.4 Å². The maximum atomic E-state index is 13.1. The summed E-state index contributed by atoms with van der Waals surface area (Å²) in [6.45, 7) is 2.06. The molecule has 0 aromatic heterocycles. The van der Waals surface area contributed by atoms with E-state index in [1.165, 1.54) is 12.1 Å². The number of hydrogen-bond acceptors (Lipinski definition) is 2. The van der Waals surface area contributed by atoms with E-state index < -0.39 is 0 Å². The largest absolute Gasteiger partial charge is 0.496 e. The van der Waals surface area contributed by atoms with Crippen LogP contribution in [0.3, 0.4) is 0 Å². The summed E-state index contributed by atoms with van der Waals surface area (Å²) in [4.78, 5) is 0. The molecule has 0 bridgehead atoms. The summed E-state index contributed by atoms with van der Waals surface area (Å²) in [6.07, 6.45) is 0. The first-order valence-corrected chi connectivity index (χ1v) is 7.93. The zero-order chi connectivity index (χ0) is 14.7. The first kappa shape index (κ1) is 15.6. The van der Waals surface area contributed by atoms with E-state index in [0.29, 0.717) is 0 Å². The summed E-state index contributed by atoms with van der Waals surface area (Å²) in [6, 6.07) is 10.8. The van der Waals surface area contributed by atoms with Gasteiger partial charge in [0.2, 0.25) is 0 Å². The highest BCUT2D eigenvalue weighted by Gasteiger charge is 2.10. The van der Waals surface area contributed by atoms with E-state index in [2.05, 4.69) is 50.8 Å². The van der Waals surface area contributed by atoms with Crippen molar-refractivity contribution in [3.8, 4) is 5.75 Å². The fourth-order valence-corrected chi connectivity index (χ4v) is 3.07. The molecule has 5 heteroatoms. The van der Waals surface area contributed by atoms with Crippen molar-refractivity contribution in [2.45, 2.75) is 13.0 Å². The van der Waals surface area contributed by atoms with Crippen molar-refractivity contribution < 1.29 is 9.13 Å². The highest BCUT2D eigenvalue weighted by molar-refractivity contribution is 14.1. The van der Waals surface area contributed by atoms with Gasteiger partial charge in [0.15, 0.2) is 0 Å². The fraction of sp³-hybridized carbons (Fsp3) is 0.200. The monoisotopic (exact) mass is 449 g/mol. The summed E-state index contributed by atoms with van der Waals surface area (Å²) in [5.41, 5.74) is 2.05. The smallest absolute Gasteiger partial charge is 0.133 e. The van der Waals surface area contributed by atoms with Crippen molar-refractivity contribution in [3.05, 3.63) is 55.8 Å². The normalized spacial score (nSPS) is 12.1. The minimum Gasteiger partial charge on any atom is -0.496 e. The van der Waals surface area contributed by atoms with Gasteiger partial charge in [-0.15, -0.1) is 0 Å². The maximum absolute atomic E-state index is 13.1. The van der Waals surface area contributed by atoms with Crippen LogP contribution in [-0.4, -0.2) is 7.11 Å². The highest BCUT2D eigenvalue weighted by Crippen LogP contribution is 2.30. The van der Waals surface area contributed by atoms with E-state index in [1.807, 2.05) is 18.2 Å². The average Bonchev–Trinajstić information content (AvgIpc) is 2.41. The third kappa shape index (κ3) is 3.63. The Morgan fingerprint density at radius 1 is 1.25 bits per heavy atom. The van der Waals surface area contributed by atoms with Crippen LogP contribution in [0.2, 0.25) is 0 Å².